The molecule has 23 heavy (non-hydrogen) atoms. The van der Waals surface area contributed by atoms with E-state index in [-0.39, 0.29) is 5.60 Å². The zero-order chi connectivity index (χ0) is 17.4. The van der Waals surface area contributed by atoms with E-state index in [4.69, 9.17) is 5.73 Å². The molecule has 1 aromatic rings. The third kappa shape index (κ3) is 3.82. The molecule has 1 aromatic carbocycles. The van der Waals surface area contributed by atoms with Gasteiger partial charge in [0.05, 0.1) is 5.56 Å². The number of carbonyl (C=O) groups excluding carboxylic acids is 1. The van der Waals surface area contributed by atoms with Crippen LogP contribution in [0.4, 0.5) is 19.0 Å². The Morgan fingerprint density at radius 3 is 2.00 bits per heavy atom. The highest BCUT2D eigenvalue weighted by Gasteiger charge is 2.35. The summed E-state index contributed by atoms with van der Waals surface area (Å²) in [7, 11) is 0. The molecule has 8 heteroatoms. The van der Waals surface area contributed by atoms with Crippen LogP contribution in [0.5, 0.6) is 0 Å². The van der Waals surface area contributed by atoms with Gasteiger partial charge in [0.25, 0.3) is 6.47 Å². The fourth-order valence-corrected chi connectivity index (χ4v) is 1.82. The molecule has 0 saturated carbocycles. The van der Waals surface area contributed by atoms with Crippen LogP contribution in [0.1, 0.15) is 26.3 Å². The summed E-state index contributed by atoms with van der Waals surface area (Å²) in [5.74, 6) is 0.440. The molecule has 0 unspecified atom stereocenters. The smallest absolute Gasteiger partial charge is 0.416 e. The lowest BCUT2D eigenvalue weighted by Crippen LogP contribution is -2.17. The van der Waals surface area contributed by atoms with Gasteiger partial charge in [-0.2, -0.15) is 13.2 Å². The Labute approximate surface area is 130 Å². The number of benzene rings is 1. The zero-order valence-corrected chi connectivity index (χ0v) is 12.8. The maximum atomic E-state index is 12.3. The number of alkyl halides is 3. The first-order valence-electron chi connectivity index (χ1n) is 6.72. The van der Waals surface area contributed by atoms with Crippen molar-refractivity contribution in [3.63, 3.8) is 0 Å². The fraction of sp³-hybridized carbons (Fsp3) is 0.333. The Morgan fingerprint density at radius 2 is 1.74 bits per heavy atom. The minimum Gasteiger partial charge on any atom is -0.462 e. The van der Waals surface area contributed by atoms with Crippen LogP contribution in [0.25, 0.3) is 16.9 Å². The lowest BCUT2D eigenvalue weighted by atomic mass is 10.1. The normalized spacial score (nSPS) is 12.3. The van der Waals surface area contributed by atoms with Crippen molar-refractivity contribution in [2.45, 2.75) is 32.5 Å². The van der Waals surface area contributed by atoms with E-state index >= 15 is 0 Å². The summed E-state index contributed by atoms with van der Waals surface area (Å²) in [6.07, 6.45) is -4.30. The molecule has 0 radical (unpaired) electrons. The van der Waals surface area contributed by atoms with Gasteiger partial charge in [-0.3, -0.25) is 4.79 Å². The van der Waals surface area contributed by atoms with Crippen LogP contribution in [0.15, 0.2) is 24.3 Å². The third-order valence-electron chi connectivity index (χ3n) is 2.94. The molecular formula is C15H16F3N3O2. The van der Waals surface area contributed by atoms with Crippen LogP contribution >= 0.6 is 0 Å². The van der Waals surface area contributed by atoms with Gasteiger partial charge in [-0.05, 0) is 32.9 Å². The summed E-state index contributed by atoms with van der Waals surface area (Å²) in [5.41, 5.74) is 6.81. The number of nitrogens with two attached hydrogens (primary N) is 1. The van der Waals surface area contributed by atoms with Crippen molar-refractivity contribution in [3.05, 3.63) is 29.8 Å². The van der Waals surface area contributed by atoms with E-state index in [1.54, 1.807) is 4.68 Å². The average molecular weight is 327 g/mol. The van der Waals surface area contributed by atoms with Crippen molar-refractivity contribution in [1.82, 2.24) is 9.78 Å². The number of aromatic nitrogens is 2. The van der Waals surface area contributed by atoms with Crippen molar-refractivity contribution in [2.75, 3.05) is 5.73 Å². The van der Waals surface area contributed by atoms with Gasteiger partial charge in [0, 0.05) is 5.56 Å². The second-order valence-electron chi connectivity index (χ2n) is 5.90. The van der Waals surface area contributed by atoms with Gasteiger partial charge < -0.3 is 10.5 Å². The first-order chi connectivity index (χ1) is 10.5. The molecule has 2 aliphatic heterocycles. The highest BCUT2D eigenvalue weighted by atomic mass is 19.4. The Balaban J connectivity index is 0.000000236. The van der Waals surface area contributed by atoms with Gasteiger partial charge in [-0.25, -0.2) is 4.68 Å². The predicted molar refractivity (Wildman–Crippen MR) is 78.9 cm³/mol. The molecule has 0 saturated heterocycles. The molecule has 0 bridgehead atoms. The lowest BCUT2D eigenvalue weighted by molar-refractivity contribution is -0.139. The molecule has 2 aliphatic rings. The van der Waals surface area contributed by atoms with Gasteiger partial charge >= 0.3 is 6.18 Å². The Morgan fingerprint density at radius 1 is 1.17 bits per heavy atom. The monoisotopic (exact) mass is 327 g/mol. The van der Waals surface area contributed by atoms with E-state index in [0.29, 0.717) is 17.9 Å². The largest absolute Gasteiger partial charge is 0.462 e. The molecule has 0 aliphatic carbocycles. The summed E-state index contributed by atoms with van der Waals surface area (Å²) >= 11 is 0. The van der Waals surface area contributed by atoms with Crippen LogP contribution in [0.2, 0.25) is 0 Å². The second kappa shape index (κ2) is 5.60. The van der Waals surface area contributed by atoms with E-state index in [2.05, 4.69) is 9.84 Å². The van der Waals surface area contributed by atoms with Gasteiger partial charge in [0.2, 0.25) is 0 Å². The summed E-state index contributed by atoms with van der Waals surface area (Å²) < 4.78 is 43.1. The molecule has 2 N–H and O–H groups in total. The number of ether oxygens (including phenoxy) is 1. The van der Waals surface area contributed by atoms with Crippen LogP contribution in [0, 0.1) is 0 Å². The number of carbonyl (C=O) groups is 1. The van der Waals surface area contributed by atoms with E-state index < -0.39 is 11.7 Å². The molecule has 5 nitrogen and oxygen atoms in total. The average Bonchev–Trinajstić information content (AvgIpc) is 3.03. The van der Waals surface area contributed by atoms with Gasteiger partial charge in [-0.1, -0.05) is 12.1 Å². The summed E-state index contributed by atoms with van der Waals surface area (Å²) in [6, 6.07) is 4.95. The first-order valence-corrected chi connectivity index (χ1v) is 6.72. The molecule has 0 amide bonds. The number of anilines is 1. The SMILES string of the molecule is CC(C)(C)OC=O.Nc1nn2c(-c3ccc(C(F)(F)F)cc3)c1-2. The number of nitrogen functional groups attached to an aromatic ring is 1. The molecule has 0 atom stereocenters. The Kier molecular flexibility index (Phi) is 4.10. The van der Waals surface area contributed by atoms with Crippen LogP contribution in [0.3, 0.4) is 0 Å². The van der Waals surface area contributed by atoms with Crippen LogP contribution < -0.4 is 5.73 Å². The number of rotatable bonds is 2. The van der Waals surface area contributed by atoms with Crippen LogP contribution in [-0.2, 0) is 15.7 Å². The standard InChI is InChI=1S/C10H6F3N3.C5H10O2/c11-10(12,13)6-3-1-5(2-4-6)7-8-9(14)15-16(7)8;1-5(2,3)7-4-6/h1-4H,(H2,14,15);4H,1-3H3. The Bertz CT molecular complexity index is 713. The van der Waals surface area contributed by atoms with Gasteiger partial charge in [0.1, 0.15) is 17.0 Å². The first kappa shape index (κ1) is 16.9. The zero-order valence-electron chi connectivity index (χ0n) is 12.8. The number of hydrogen-bond acceptors (Lipinski definition) is 4. The van der Waals surface area contributed by atoms with E-state index in [9.17, 15) is 18.0 Å². The van der Waals surface area contributed by atoms with Crippen molar-refractivity contribution >= 4 is 12.3 Å². The highest BCUT2D eigenvalue weighted by molar-refractivity contribution is 5.88. The van der Waals surface area contributed by atoms with E-state index in [0.717, 1.165) is 23.5 Å². The highest BCUT2D eigenvalue weighted by Crippen LogP contribution is 2.45. The van der Waals surface area contributed by atoms with E-state index in [1.807, 2.05) is 20.8 Å². The Hall–Kier alpha value is -2.51. The fourth-order valence-electron chi connectivity index (χ4n) is 1.82. The molecular weight excluding hydrogens is 311 g/mol. The van der Waals surface area contributed by atoms with Crippen molar-refractivity contribution < 1.29 is 22.7 Å². The molecule has 2 heterocycles. The topological polar surface area (TPSA) is 70.1 Å². The summed E-state index contributed by atoms with van der Waals surface area (Å²) in [6.45, 7) is 5.92. The minimum atomic E-state index is -4.30. The summed E-state index contributed by atoms with van der Waals surface area (Å²) in [5, 5.41) is 3.86. The molecule has 3 rings (SSSR count). The molecule has 0 aromatic heterocycles. The minimum absolute atomic E-state index is 0.318. The number of hydrogen-bond donors (Lipinski definition) is 1. The predicted octanol–water partition coefficient (Wildman–Crippen LogP) is 3.41. The third-order valence-corrected chi connectivity index (χ3v) is 2.94. The number of nitrogens with zero attached hydrogens (tertiary/aromatic N) is 2. The van der Waals surface area contributed by atoms with Gasteiger partial charge in [-0.15, -0.1) is 5.10 Å². The van der Waals surface area contributed by atoms with Crippen molar-refractivity contribution in [3.8, 4) is 16.9 Å². The summed E-state index contributed by atoms with van der Waals surface area (Å²) in [4.78, 5) is 9.60. The molecule has 0 fully saturated rings. The van der Waals surface area contributed by atoms with Crippen molar-refractivity contribution in [1.29, 1.82) is 0 Å². The van der Waals surface area contributed by atoms with Crippen molar-refractivity contribution in [2.24, 2.45) is 0 Å². The van der Waals surface area contributed by atoms with Gasteiger partial charge in [0.15, 0.2) is 5.82 Å². The quantitative estimate of drug-likeness (QED) is 0.732. The maximum absolute atomic E-state index is 12.3. The number of fused-ring (bicyclic) bond motifs is 1. The number of halogens is 3. The molecule has 124 valence electrons. The van der Waals surface area contributed by atoms with E-state index in [1.165, 1.54) is 12.1 Å². The maximum Gasteiger partial charge on any atom is 0.416 e. The lowest BCUT2D eigenvalue weighted by Gasteiger charge is -2.14. The molecule has 0 spiro atoms. The van der Waals surface area contributed by atoms with Crippen LogP contribution in [-0.4, -0.2) is 21.9 Å². The second-order valence-corrected chi connectivity index (χ2v) is 5.90.